The fourth-order valence-electron chi connectivity index (χ4n) is 2.05. The summed E-state index contributed by atoms with van der Waals surface area (Å²) in [7, 11) is -3.19. The van der Waals surface area contributed by atoms with Crippen molar-refractivity contribution >= 4 is 14.7 Å². The summed E-state index contributed by atoms with van der Waals surface area (Å²) in [5.41, 5.74) is -0.267. The van der Waals surface area contributed by atoms with Crippen molar-refractivity contribution in [2.75, 3.05) is 4.98 Å². The number of benzene rings is 1. The van der Waals surface area contributed by atoms with Crippen LogP contribution in [0.5, 0.6) is 0 Å². The molecule has 5 heteroatoms. The van der Waals surface area contributed by atoms with Crippen LogP contribution in [0.1, 0.15) is 62.3 Å². The molecule has 0 radical (unpaired) electrons. The summed E-state index contributed by atoms with van der Waals surface area (Å²) >= 11 is 0. The Labute approximate surface area is 143 Å². The maximum absolute atomic E-state index is 6.36. The van der Waals surface area contributed by atoms with Gasteiger partial charge in [0.05, 0.1) is 16.8 Å². The average Bonchev–Trinajstić information content (AvgIpc) is 2.21. The molecule has 0 spiro atoms. The van der Waals surface area contributed by atoms with E-state index in [4.69, 9.17) is 13.3 Å². The lowest BCUT2D eigenvalue weighted by Gasteiger charge is -2.42. The van der Waals surface area contributed by atoms with Gasteiger partial charge in [-0.3, -0.25) is 0 Å². The third-order valence-corrected chi connectivity index (χ3v) is 5.63. The number of hydrogen-bond donors (Lipinski definition) is 1. The fourth-order valence-corrected chi connectivity index (χ4v) is 5.26. The molecule has 1 N–H and O–H groups in total. The van der Waals surface area contributed by atoms with Crippen LogP contribution in [0.2, 0.25) is 0 Å². The van der Waals surface area contributed by atoms with Gasteiger partial charge in [0, 0.05) is 5.69 Å². The molecule has 0 heterocycles. The highest BCUT2D eigenvalue weighted by Crippen LogP contribution is 2.29. The van der Waals surface area contributed by atoms with Crippen molar-refractivity contribution in [1.29, 1.82) is 0 Å². The van der Waals surface area contributed by atoms with Crippen LogP contribution in [0.3, 0.4) is 0 Å². The van der Waals surface area contributed by atoms with E-state index < -0.39 is 25.8 Å². The maximum atomic E-state index is 6.36. The van der Waals surface area contributed by atoms with E-state index in [0.717, 1.165) is 5.69 Å². The van der Waals surface area contributed by atoms with Crippen molar-refractivity contribution in [3.05, 3.63) is 30.3 Å². The zero-order valence-electron chi connectivity index (χ0n) is 16.1. The molecule has 0 unspecified atom stereocenters. The summed E-state index contributed by atoms with van der Waals surface area (Å²) in [6, 6.07) is 9.92. The van der Waals surface area contributed by atoms with E-state index in [-0.39, 0.29) is 0 Å². The van der Waals surface area contributed by atoms with Crippen molar-refractivity contribution in [2.24, 2.45) is 0 Å². The van der Waals surface area contributed by atoms with Gasteiger partial charge in [0.2, 0.25) is 0 Å². The van der Waals surface area contributed by atoms with E-state index in [1.165, 1.54) is 0 Å². The zero-order valence-corrected chi connectivity index (χ0v) is 17.1. The van der Waals surface area contributed by atoms with Crippen molar-refractivity contribution in [2.45, 2.75) is 79.1 Å². The van der Waals surface area contributed by atoms with E-state index in [1.807, 2.05) is 92.6 Å². The number of hydrogen-bond acceptors (Lipinski definition) is 4. The lowest BCUT2D eigenvalue weighted by atomic mass is 10.2. The second-order valence-electron chi connectivity index (χ2n) is 8.69. The van der Waals surface area contributed by atoms with Gasteiger partial charge in [0.25, 0.3) is 0 Å². The summed E-state index contributed by atoms with van der Waals surface area (Å²) < 4.78 is 19.1. The smallest absolute Gasteiger partial charge is 0.352 e. The number of rotatable bonds is 5. The molecule has 0 amide bonds. The monoisotopic (exact) mass is 339 g/mol. The van der Waals surface area contributed by atoms with E-state index in [2.05, 4.69) is 4.98 Å². The molecule has 0 aliphatic rings. The minimum atomic E-state index is -3.19. The molecule has 132 valence electrons. The first kappa shape index (κ1) is 20.2. The summed E-state index contributed by atoms with van der Waals surface area (Å²) in [4.78, 5) is 3.43. The molecule has 23 heavy (non-hydrogen) atoms. The van der Waals surface area contributed by atoms with Crippen LogP contribution in [0, 0.1) is 0 Å². The molecule has 0 saturated carbocycles. The molecular weight excluding hydrogens is 306 g/mol. The number of para-hydroxylation sites is 1. The largest absolute Gasteiger partial charge is 0.632 e. The summed E-state index contributed by atoms with van der Waals surface area (Å²) in [6.07, 6.45) is 0. The molecule has 1 aromatic rings. The Morgan fingerprint density at radius 2 is 1.00 bits per heavy atom. The van der Waals surface area contributed by atoms with E-state index in [1.54, 1.807) is 0 Å². The molecule has 1 rings (SSSR count). The van der Waals surface area contributed by atoms with E-state index >= 15 is 0 Å². The minimum Gasteiger partial charge on any atom is -0.352 e. The van der Waals surface area contributed by atoms with Crippen LogP contribution < -0.4 is 4.98 Å². The molecule has 1 aromatic carbocycles. The average molecular weight is 340 g/mol. The van der Waals surface area contributed by atoms with Crippen molar-refractivity contribution in [3.63, 3.8) is 0 Å². The molecule has 0 aliphatic carbocycles. The van der Waals surface area contributed by atoms with Crippen LogP contribution in [0.15, 0.2) is 30.3 Å². The first-order valence-corrected chi connectivity index (χ1v) is 9.86. The van der Waals surface area contributed by atoms with Gasteiger partial charge in [0.1, 0.15) is 0 Å². The Morgan fingerprint density at radius 1 is 0.652 bits per heavy atom. The molecule has 0 atom stereocenters. The van der Waals surface area contributed by atoms with Crippen LogP contribution >= 0.6 is 0 Å². The predicted molar refractivity (Wildman–Crippen MR) is 98.3 cm³/mol. The highest BCUT2D eigenvalue weighted by Gasteiger charge is 2.52. The zero-order chi connectivity index (χ0) is 17.9. The van der Waals surface area contributed by atoms with Gasteiger partial charge in [-0.15, -0.1) is 0 Å². The lowest BCUT2D eigenvalue weighted by Crippen LogP contribution is -2.62. The van der Waals surface area contributed by atoms with Gasteiger partial charge >= 0.3 is 8.97 Å². The highest BCUT2D eigenvalue weighted by molar-refractivity contribution is 6.64. The Balaban J connectivity index is 3.26. The fraction of sp³-hybridized carbons (Fsp3) is 0.667. The molecule has 0 bridgehead atoms. The Hall–Kier alpha value is -0.883. The summed E-state index contributed by atoms with van der Waals surface area (Å²) in [5.74, 6) is 0. The molecular formula is C18H33NO3Si. The molecule has 4 nitrogen and oxygen atoms in total. The molecule has 0 aromatic heterocycles. The quantitative estimate of drug-likeness (QED) is 0.768. The van der Waals surface area contributed by atoms with E-state index in [9.17, 15) is 0 Å². The van der Waals surface area contributed by atoms with Gasteiger partial charge in [-0.2, -0.15) is 0 Å². The third kappa shape index (κ3) is 8.51. The Kier molecular flexibility index (Phi) is 6.07. The first-order chi connectivity index (χ1) is 10.2. The highest BCUT2D eigenvalue weighted by atomic mass is 28.4. The minimum absolute atomic E-state index is 0.398. The second-order valence-corrected chi connectivity index (χ2v) is 10.7. The predicted octanol–water partition coefficient (Wildman–Crippen LogP) is 4.98. The Bertz CT molecular complexity index is 443. The van der Waals surface area contributed by atoms with Gasteiger partial charge in [-0.25, -0.2) is 0 Å². The molecule has 0 aliphatic heterocycles. The summed E-state index contributed by atoms with van der Waals surface area (Å²) in [5, 5.41) is 0. The van der Waals surface area contributed by atoms with Gasteiger partial charge in [-0.1, -0.05) is 18.2 Å². The van der Waals surface area contributed by atoms with Crippen molar-refractivity contribution < 1.29 is 13.3 Å². The normalized spacial score (nSPS) is 14.0. The Morgan fingerprint density at radius 3 is 1.30 bits per heavy atom. The van der Waals surface area contributed by atoms with Crippen molar-refractivity contribution in [1.82, 2.24) is 0 Å². The van der Waals surface area contributed by atoms with Crippen LogP contribution in [-0.4, -0.2) is 25.8 Å². The van der Waals surface area contributed by atoms with Crippen LogP contribution in [-0.2, 0) is 13.3 Å². The van der Waals surface area contributed by atoms with Gasteiger partial charge in [-0.05, 0) is 74.4 Å². The lowest BCUT2D eigenvalue weighted by molar-refractivity contribution is -0.0706. The van der Waals surface area contributed by atoms with Crippen LogP contribution in [0.4, 0.5) is 5.69 Å². The van der Waals surface area contributed by atoms with E-state index in [0.29, 0.717) is 0 Å². The van der Waals surface area contributed by atoms with Crippen molar-refractivity contribution in [3.8, 4) is 0 Å². The second kappa shape index (κ2) is 6.93. The number of nitrogens with one attached hydrogen (secondary N) is 1. The van der Waals surface area contributed by atoms with Gasteiger partial charge < -0.3 is 18.3 Å². The first-order valence-electron chi connectivity index (χ1n) is 8.14. The van der Waals surface area contributed by atoms with Gasteiger partial charge in [0.15, 0.2) is 0 Å². The topological polar surface area (TPSA) is 39.7 Å². The standard InChI is InChI=1S/C18H33NO3Si/c1-16(2,3)20-23(21-17(4,5)6,22-18(7,8)9)19-15-13-11-10-12-14-15/h10-14,19H,1-9H3. The maximum Gasteiger partial charge on any atom is 0.632 e. The third-order valence-electron chi connectivity index (χ3n) is 2.39. The number of anilines is 1. The molecule has 0 fully saturated rings. The SMILES string of the molecule is CC(C)(C)O[Si](Nc1ccccc1)(OC(C)(C)C)OC(C)(C)C. The summed E-state index contributed by atoms with van der Waals surface area (Å²) in [6.45, 7) is 18.1. The van der Waals surface area contributed by atoms with Crippen LogP contribution in [0.25, 0.3) is 0 Å². The molecule has 0 saturated heterocycles.